The van der Waals surface area contributed by atoms with E-state index in [0.717, 1.165) is 11.4 Å². The largest absolute Gasteiger partial charge is 0.383 e. The molecule has 2 aromatic heterocycles. The molecule has 0 unspecified atom stereocenters. The number of hydrogen-bond donors (Lipinski definition) is 1. The molecule has 0 saturated carbocycles. The summed E-state index contributed by atoms with van der Waals surface area (Å²) in [4.78, 5) is 4.14. The van der Waals surface area contributed by atoms with E-state index in [1.165, 1.54) is 0 Å². The third-order valence-corrected chi connectivity index (χ3v) is 1.87. The van der Waals surface area contributed by atoms with E-state index in [4.69, 9.17) is 5.73 Å². The molecule has 0 aromatic carbocycles. The molecule has 0 atom stereocenters. The molecule has 0 aliphatic heterocycles. The Labute approximate surface area is 76.0 Å². The summed E-state index contributed by atoms with van der Waals surface area (Å²) < 4.78 is 1.62. The number of nitrogens with zero attached hydrogens (tertiary/aromatic N) is 3. The molecule has 0 saturated heterocycles. The molecule has 13 heavy (non-hydrogen) atoms. The van der Waals surface area contributed by atoms with Gasteiger partial charge in [-0.1, -0.05) is 6.07 Å². The van der Waals surface area contributed by atoms with Gasteiger partial charge in [0.1, 0.15) is 5.82 Å². The highest BCUT2D eigenvalue weighted by Gasteiger charge is 2.04. The molecule has 0 spiro atoms. The molecule has 0 bridgehead atoms. The minimum Gasteiger partial charge on any atom is -0.383 e. The van der Waals surface area contributed by atoms with Crippen molar-refractivity contribution in [2.24, 2.45) is 0 Å². The van der Waals surface area contributed by atoms with Crippen molar-refractivity contribution in [2.75, 3.05) is 5.73 Å². The third-order valence-electron chi connectivity index (χ3n) is 1.87. The normalized spacial score (nSPS) is 10.2. The zero-order chi connectivity index (χ0) is 9.26. The van der Waals surface area contributed by atoms with Crippen LogP contribution in [0.25, 0.3) is 5.82 Å². The highest BCUT2D eigenvalue weighted by Crippen LogP contribution is 2.13. The van der Waals surface area contributed by atoms with Crippen molar-refractivity contribution in [3.63, 3.8) is 0 Å². The number of aryl methyl sites for hydroxylation is 1. The maximum Gasteiger partial charge on any atom is 0.155 e. The number of pyridine rings is 1. The second kappa shape index (κ2) is 2.90. The Kier molecular flexibility index (Phi) is 1.73. The van der Waals surface area contributed by atoms with Gasteiger partial charge in [0, 0.05) is 11.8 Å². The highest BCUT2D eigenvalue weighted by atomic mass is 15.3. The Morgan fingerprint density at radius 1 is 1.38 bits per heavy atom. The molecule has 4 heteroatoms. The SMILES string of the molecule is Cc1cnn(-c2ccccn2)c1N. The van der Waals surface area contributed by atoms with Crippen molar-refractivity contribution in [1.29, 1.82) is 0 Å². The molecule has 4 nitrogen and oxygen atoms in total. The van der Waals surface area contributed by atoms with Gasteiger partial charge in [-0.2, -0.15) is 9.78 Å². The van der Waals surface area contributed by atoms with Crippen LogP contribution in [0.2, 0.25) is 0 Å². The van der Waals surface area contributed by atoms with Gasteiger partial charge >= 0.3 is 0 Å². The molecule has 0 aliphatic carbocycles. The summed E-state index contributed by atoms with van der Waals surface area (Å²) in [6.07, 6.45) is 3.44. The smallest absolute Gasteiger partial charge is 0.155 e. The quantitative estimate of drug-likeness (QED) is 0.705. The van der Waals surface area contributed by atoms with Crippen molar-refractivity contribution >= 4 is 5.82 Å². The van der Waals surface area contributed by atoms with E-state index in [9.17, 15) is 0 Å². The maximum absolute atomic E-state index is 5.80. The maximum atomic E-state index is 5.80. The van der Waals surface area contributed by atoms with Gasteiger partial charge in [0.05, 0.1) is 6.20 Å². The summed E-state index contributed by atoms with van der Waals surface area (Å²) in [6.45, 7) is 1.92. The lowest BCUT2D eigenvalue weighted by Crippen LogP contribution is -2.03. The van der Waals surface area contributed by atoms with E-state index in [0.29, 0.717) is 5.82 Å². The molecule has 0 fully saturated rings. The number of aromatic nitrogens is 3. The van der Waals surface area contributed by atoms with Crippen LogP contribution in [0.5, 0.6) is 0 Å². The fourth-order valence-corrected chi connectivity index (χ4v) is 1.10. The van der Waals surface area contributed by atoms with Crippen LogP contribution in [0.3, 0.4) is 0 Å². The zero-order valence-corrected chi connectivity index (χ0v) is 7.31. The van der Waals surface area contributed by atoms with E-state index in [2.05, 4.69) is 10.1 Å². The molecule has 2 heterocycles. The van der Waals surface area contributed by atoms with Crippen molar-refractivity contribution in [2.45, 2.75) is 6.92 Å². The first-order valence-corrected chi connectivity index (χ1v) is 4.00. The van der Waals surface area contributed by atoms with Gasteiger partial charge < -0.3 is 5.73 Å². The van der Waals surface area contributed by atoms with Crippen LogP contribution < -0.4 is 5.73 Å². The van der Waals surface area contributed by atoms with Gasteiger partial charge in [-0.25, -0.2) is 4.98 Å². The van der Waals surface area contributed by atoms with Crippen LogP contribution in [0.1, 0.15) is 5.56 Å². The summed E-state index contributed by atoms with van der Waals surface area (Å²) in [5.41, 5.74) is 6.76. The molecular formula is C9H10N4. The molecule has 66 valence electrons. The summed E-state index contributed by atoms with van der Waals surface area (Å²) in [7, 11) is 0. The molecule has 0 aliphatic rings. The average molecular weight is 174 g/mol. The molecule has 2 N–H and O–H groups in total. The Morgan fingerprint density at radius 2 is 2.23 bits per heavy atom. The number of hydrogen-bond acceptors (Lipinski definition) is 3. The molecule has 0 radical (unpaired) electrons. The van der Waals surface area contributed by atoms with Crippen LogP contribution >= 0.6 is 0 Å². The lowest BCUT2D eigenvalue weighted by Gasteiger charge is -2.01. The third kappa shape index (κ3) is 1.26. The predicted octanol–water partition coefficient (Wildman–Crippen LogP) is 1.16. The minimum absolute atomic E-state index is 0.638. The molecule has 2 aromatic rings. The topological polar surface area (TPSA) is 56.7 Å². The zero-order valence-electron chi connectivity index (χ0n) is 7.31. The summed E-state index contributed by atoms with van der Waals surface area (Å²) in [5.74, 6) is 1.38. The van der Waals surface area contributed by atoms with Gasteiger partial charge in [0.2, 0.25) is 0 Å². The van der Waals surface area contributed by atoms with Crippen molar-refractivity contribution in [3.8, 4) is 5.82 Å². The number of nitrogens with two attached hydrogens (primary N) is 1. The van der Waals surface area contributed by atoms with Crippen LogP contribution in [0.4, 0.5) is 5.82 Å². The van der Waals surface area contributed by atoms with E-state index in [1.807, 2.05) is 25.1 Å². The van der Waals surface area contributed by atoms with Crippen LogP contribution in [0, 0.1) is 6.92 Å². The first kappa shape index (κ1) is 7.79. The van der Waals surface area contributed by atoms with Gasteiger partial charge in [0.25, 0.3) is 0 Å². The average Bonchev–Trinajstić information content (AvgIpc) is 2.49. The minimum atomic E-state index is 0.638. The van der Waals surface area contributed by atoms with Crippen molar-refractivity contribution in [1.82, 2.24) is 14.8 Å². The van der Waals surface area contributed by atoms with Crippen LogP contribution in [0.15, 0.2) is 30.6 Å². The summed E-state index contributed by atoms with van der Waals surface area (Å²) in [6, 6.07) is 5.62. The lowest BCUT2D eigenvalue weighted by molar-refractivity contribution is 0.857. The molecule has 2 rings (SSSR count). The second-order valence-corrected chi connectivity index (χ2v) is 2.81. The molecule has 0 amide bonds. The van der Waals surface area contributed by atoms with Crippen LogP contribution in [-0.2, 0) is 0 Å². The lowest BCUT2D eigenvalue weighted by atomic mass is 10.4. The number of nitrogen functional groups attached to an aromatic ring is 1. The van der Waals surface area contributed by atoms with Crippen molar-refractivity contribution in [3.05, 3.63) is 36.2 Å². The van der Waals surface area contributed by atoms with Crippen LogP contribution in [-0.4, -0.2) is 14.8 Å². The van der Waals surface area contributed by atoms with Gasteiger partial charge in [0.15, 0.2) is 5.82 Å². The van der Waals surface area contributed by atoms with E-state index in [1.54, 1.807) is 17.1 Å². The monoisotopic (exact) mass is 174 g/mol. The Hall–Kier alpha value is -1.84. The van der Waals surface area contributed by atoms with E-state index >= 15 is 0 Å². The van der Waals surface area contributed by atoms with E-state index < -0.39 is 0 Å². The Balaban J connectivity index is 2.53. The highest BCUT2D eigenvalue weighted by molar-refractivity contribution is 5.43. The van der Waals surface area contributed by atoms with Crippen molar-refractivity contribution < 1.29 is 0 Å². The first-order chi connectivity index (χ1) is 6.29. The first-order valence-electron chi connectivity index (χ1n) is 4.00. The van der Waals surface area contributed by atoms with Gasteiger partial charge in [-0.15, -0.1) is 0 Å². The van der Waals surface area contributed by atoms with E-state index in [-0.39, 0.29) is 0 Å². The Morgan fingerprint density at radius 3 is 2.77 bits per heavy atom. The standard InChI is InChI=1S/C9H10N4/c1-7-6-12-13(9(7)10)8-4-2-3-5-11-8/h2-6H,10H2,1H3. The fourth-order valence-electron chi connectivity index (χ4n) is 1.10. The number of anilines is 1. The fraction of sp³-hybridized carbons (Fsp3) is 0.111. The summed E-state index contributed by atoms with van der Waals surface area (Å²) in [5, 5.41) is 4.11. The van der Waals surface area contributed by atoms with Gasteiger partial charge in [-0.3, -0.25) is 0 Å². The van der Waals surface area contributed by atoms with Gasteiger partial charge in [-0.05, 0) is 19.1 Å². The molecular weight excluding hydrogens is 164 g/mol. The number of rotatable bonds is 1. The second-order valence-electron chi connectivity index (χ2n) is 2.81. The predicted molar refractivity (Wildman–Crippen MR) is 50.5 cm³/mol. The Bertz CT molecular complexity index is 405. The summed E-state index contributed by atoms with van der Waals surface area (Å²) >= 11 is 0.